The number of fused-ring (bicyclic) bond motifs is 1. The Balaban J connectivity index is 1.47. The molecule has 0 aliphatic carbocycles. The molecule has 2 heterocycles. The number of anilines is 1. The smallest absolute Gasteiger partial charge is 0.261 e. The summed E-state index contributed by atoms with van der Waals surface area (Å²) in [5.74, 6) is -0.170. The van der Waals surface area contributed by atoms with Crippen LogP contribution in [0.2, 0.25) is 0 Å². The minimum absolute atomic E-state index is 0.146. The summed E-state index contributed by atoms with van der Waals surface area (Å²) >= 11 is 1.28. The van der Waals surface area contributed by atoms with Gasteiger partial charge in [0.25, 0.3) is 5.56 Å². The van der Waals surface area contributed by atoms with Crippen LogP contribution in [0.4, 0.5) is 5.69 Å². The largest absolute Gasteiger partial charge is 0.326 e. The van der Waals surface area contributed by atoms with E-state index in [0.717, 1.165) is 22.5 Å². The standard InChI is InChI=1S/C20H17N5O2S/c1-13-6-7-14(18-11-28-24-23-18)10-17(13)22-19(26)8-9-25-12-21-16-5-3-2-4-15(16)20(25)27/h2-7,10-12H,8-9H2,1H3,(H,22,26). The molecule has 0 spiro atoms. The van der Waals surface area contributed by atoms with Crippen LogP contribution in [0.25, 0.3) is 22.2 Å². The minimum atomic E-state index is -0.170. The van der Waals surface area contributed by atoms with Crippen LogP contribution in [0.3, 0.4) is 0 Å². The van der Waals surface area contributed by atoms with Crippen LogP contribution in [0.15, 0.2) is 59.0 Å². The maximum atomic E-state index is 12.5. The van der Waals surface area contributed by atoms with E-state index < -0.39 is 0 Å². The van der Waals surface area contributed by atoms with Crippen molar-refractivity contribution >= 4 is 34.0 Å². The van der Waals surface area contributed by atoms with Crippen molar-refractivity contribution < 1.29 is 4.79 Å². The Labute approximate surface area is 164 Å². The van der Waals surface area contributed by atoms with Crippen molar-refractivity contribution in [1.82, 2.24) is 19.1 Å². The van der Waals surface area contributed by atoms with E-state index in [4.69, 9.17) is 0 Å². The van der Waals surface area contributed by atoms with Gasteiger partial charge in [-0.2, -0.15) is 0 Å². The molecule has 0 unspecified atom stereocenters. The quantitative estimate of drug-likeness (QED) is 0.564. The Bertz CT molecular complexity index is 1200. The maximum absolute atomic E-state index is 12.5. The lowest BCUT2D eigenvalue weighted by Crippen LogP contribution is -2.23. The number of amides is 1. The Hall–Kier alpha value is -3.39. The molecule has 1 amide bonds. The van der Waals surface area contributed by atoms with Crippen molar-refractivity contribution in [2.45, 2.75) is 19.9 Å². The third-order valence-corrected chi connectivity index (χ3v) is 4.98. The number of carbonyl (C=O) groups excluding carboxylic acids is 1. The third-order valence-electron chi connectivity index (χ3n) is 4.48. The predicted octanol–water partition coefficient (Wildman–Crippen LogP) is 3.25. The lowest BCUT2D eigenvalue weighted by atomic mass is 10.1. The summed E-state index contributed by atoms with van der Waals surface area (Å²) in [4.78, 5) is 29.2. The van der Waals surface area contributed by atoms with E-state index in [1.165, 1.54) is 22.4 Å². The van der Waals surface area contributed by atoms with Gasteiger partial charge in [0.05, 0.1) is 17.2 Å². The molecule has 4 rings (SSSR count). The van der Waals surface area contributed by atoms with Gasteiger partial charge in [-0.1, -0.05) is 28.8 Å². The first-order chi connectivity index (χ1) is 13.6. The lowest BCUT2D eigenvalue weighted by Gasteiger charge is -2.11. The molecule has 2 aromatic heterocycles. The molecule has 4 aromatic rings. The molecule has 0 aliphatic rings. The number of aromatic nitrogens is 4. The molecule has 8 heteroatoms. The predicted molar refractivity (Wildman–Crippen MR) is 109 cm³/mol. The molecule has 0 bridgehead atoms. The number of aryl methyl sites for hydroxylation is 2. The summed E-state index contributed by atoms with van der Waals surface area (Å²) in [7, 11) is 0. The molecule has 0 aliphatic heterocycles. The normalized spacial score (nSPS) is 10.9. The van der Waals surface area contributed by atoms with E-state index in [1.54, 1.807) is 18.2 Å². The fourth-order valence-corrected chi connectivity index (χ4v) is 3.37. The number of hydrogen-bond donors (Lipinski definition) is 1. The van der Waals surface area contributed by atoms with Gasteiger partial charge >= 0.3 is 0 Å². The van der Waals surface area contributed by atoms with Crippen LogP contribution in [0.1, 0.15) is 12.0 Å². The molecular weight excluding hydrogens is 374 g/mol. The second-order valence-electron chi connectivity index (χ2n) is 6.38. The first-order valence-corrected chi connectivity index (χ1v) is 9.57. The monoisotopic (exact) mass is 391 g/mol. The van der Waals surface area contributed by atoms with Crippen LogP contribution in [0, 0.1) is 6.92 Å². The molecule has 140 valence electrons. The van der Waals surface area contributed by atoms with Gasteiger partial charge in [0.1, 0.15) is 5.69 Å². The molecule has 0 radical (unpaired) electrons. The summed E-state index contributed by atoms with van der Waals surface area (Å²) in [5, 5.41) is 9.38. The van der Waals surface area contributed by atoms with E-state index in [9.17, 15) is 9.59 Å². The van der Waals surface area contributed by atoms with Crippen molar-refractivity contribution in [3.8, 4) is 11.3 Å². The average molecular weight is 391 g/mol. The highest BCUT2D eigenvalue weighted by Crippen LogP contribution is 2.24. The zero-order valence-corrected chi connectivity index (χ0v) is 15.9. The van der Waals surface area contributed by atoms with Crippen LogP contribution in [-0.4, -0.2) is 25.0 Å². The number of para-hydroxylation sites is 1. The van der Waals surface area contributed by atoms with Gasteiger partial charge in [-0.15, -0.1) is 5.10 Å². The summed E-state index contributed by atoms with van der Waals surface area (Å²) in [5.41, 5.74) is 3.84. The maximum Gasteiger partial charge on any atom is 0.261 e. The van der Waals surface area contributed by atoms with Gasteiger partial charge in [-0.3, -0.25) is 14.2 Å². The Morgan fingerprint density at radius 1 is 1.21 bits per heavy atom. The highest BCUT2D eigenvalue weighted by atomic mass is 32.1. The van der Waals surface area contributed by atoms with Crippen LogP contribution < -0.4 is 10.9 Å². The zero-order chi connectivity index (χ0) is 19.5. The molecule has 0 saturated carbocycles. The van der Waals surface area contributed by atoms with Crippen LogP contribution in [0.5, 0.6) is 0 Å². The minimum Gasteiger partial charge on any atom is -0.326 e. The molecule has 1 N–H and O–H groups in total. The SMILES string of the molecule is Cc1ccc(-c2csnn2)cc1NC(=O)CCn1cnc2ccccc2c1=O. The average Bonchev–Trinajstić information content (AvgIpc) is 3.24. The Morgan fingerprint density at radius 2 is 2.07 bits per heavy atom. The number of hydrogen-bond acceptors (Lipinski definition) is 6. The third kappa shape index (κ3) is 3.67. The second-order valence-corrected chi connectivity index (χ2v) is 6.99. The van der Waals surface area contributed by atoms with Crippen LogP contribution >= 0.6 is 11.5 Å². The molecule has 0 fully saturated rings. The van der Waals surface area contributed by atoms with Crippen LogP contribution in [-0.2, 0) is 11.3 Å². The van der Waals surface area contributed by atoms with Crippen molar-refractivity contribution in [2.75, 3.05) is 5.32 Å². The topological polar surface area (TPSA) is 89.8 Å². The zero-order valence-electron chi connectivity index (χ0n) is 15.1. The van der Waals surface area contributed by atoms with E-state index >= 15 is 0 Å². The summed E-state index contributed by atoms with van der Waals surface area (Å²) < 4.78 is 5.33. The van der Waals surface area contributed by atoms with Gasteiger partial charge in [-0.05, 0) is 42.2 Å². The number of carbonyl (C=O) groups is 1. The number of nitrogens with one attached hydrogen (secondary N) is 1. The molecule has 0 saturated heterocycles. The molecule has 2 aromatic carbocycles. The molecular formula is C20H17N5O2S. The van der Waals surface area contributed by atoms with Gasteiger partial charge in [0.15, 0.2) is 0 Å². The van der Waals surface area contributed by atoms with Gasteiger partial charge in [0, 0.05) is 29.6 Å². The summed E-state index contributed by atoms with van der Waals surface area (Å²) in [6, 6.07) is 12.9. The lowest BCUT2D eigenvalue weighted by molar-refractivity contribution is -0.116. The highest BCUT2D eigenvalue weighted by Gasteiger charge is 2.10. The van der Waals surface area contributed by atoms with Crippen molar-refractivity contribution in [3.05, 3.63) is 70.1 Å². The fraction of sp³-hybridized carbons (Fsp3) is 0.150. The van der Waals surface area contributed by atoms with Gasteiger partial charge in [-0.25, -0.2) is 4.98 Å². The summed E-state index contributed by atoms with van der Waals surface area (Å²) in [6.45, 7) is 2.19. The number of benzene rings is 2. The van der Waals surface area contributed by atoms with Gasteiger partial charge in [0.2, 0.25) is 5.91 Å². The first-order valence-electron chi connectivity index (χ1n) is 8.74. The Morgan fingerprint density at radius 3 is 2.89 bits per heavy atom. The fourth-order valence-electron chi connectivity index (χ4n) is 2.91. The van der Waals surface area contributed by atoms with Crippen molar-refractivity contribution in [3.63, 3.8) is 0 Å². The van der Waals surface area contributed by atoms with Crippen molar-refractivity contribution in [1.29, 1.82) is 0 Å². The molecule has 0 atom stereocenters. The van der Waals surface area contributed by atoms with E-state index in [1.807, 2.05) is 36.6 Å². The second kappa shape index (κ2) is 7.69. The van der Waals surface area contributed by atoms with E-state index in [2.05, 4.69) is 19.9 Å². The van der Waals surface area contributed by atoms with E-state index in [0.29, 0.717) is 10.9 Å². The molecule has 28 heavy (non-hydrogen) atoms. The van der Waals surface area contributed by atoms with Crippen molar-refractivity contribution in [2.24, 2.45) is 0 Å². The van der Waals surface area contributed by atoms with Gasteiger partial charge < -0.3 is 5.32 Å². The summed E-state index contributed by atoms with van der Waals surface area (Å²) in [6.07, 6.45) is 1.65. The number of nitrogens with zero attached hydrogens (tertiary/aromatic N) is 4. The molecule has 7 nitrogen and oxygen atoms in total. The van der Waals surface area contributed by atoms with E-state index in [-0.39, 0.29) is 24.4 Å². The number of rotatable bonds is 5. The Kier molecular flexibility index (Phi) is 4.94. The first kappa shape index (κ1) is 18.0. The highest BCUT2D eigenvalue weighted by molar-refractivity contribution is 7.03.